The zero-order chi connectivity index (χ0) is 28.3. The Hall–Kier alpha value is -1.62. The number of Topliss-reactive ketones (excluding diaryl/α,β-unsaturated/α-hetero) is 1. The molecule has 10 heteroatoms. The van der Waals surface area contributed by atoms with Crippen LogP contribution in [0.15, 0.2) is 12.1 Å². The molecule has 0 amide bonds. The van der Waals surface area contributed by atoms with E-state index in [2.05, 4.69) is 27.7 Å². The maximum atomic E-state index is 15.0. The molecule has 0 unspecified atom stereocenters. The number of esters is 1. The standard InChI is InChI=1S/C29H40BFO7S/c1-16-8-10-29-11-9-19(32)25(29)28(16,4)21(12-27(3,15-39-5)26(34)17(29)2)38-22(33)14-36-20-7-6-18-13-37-30(35)23(18)24(20)31/h6-7,16-17,21,25-26,34-35H,8-15H2,1-5H3/t16-,17-,21+,25-,26-,27-,28-,29-/m0/s1. The van der Waals surface area contributed by atoms with E-state index in [1.54, 1.807) is 17.8 Å². The minimum Gasteiger partial charge on any atom is -0.479 e. The van der Waals surface area contributed by atoms with Gasteiger partial charge >= 0.3 is 13.1 Å². The molecule has 3 fully saturated rings. The van der Waals surface area contributed by atoms with Gasteiger partial charge in [-0.25, -0.2) is 9.18 Å². The largest absolute Gasteiger partial charge is 0.494 e. The number of carbonyl (C=O) groups excluding carboxylic acids is 2. The molecular weight excluding hydrogens is 522 g/mol. The number of hydrogen-bond acceptors (Lipinski definition) is 8. The van der Waals surface area contributed by atoms with E-state index in [4.69, 9.17) is 14.1 Å². The quantitative estimate of drug-likeness (QED) is 0.402. The van der Waals surface area contributed by atoms with Crippen LogP contribution in [0.2, 0.25) is 0 Å². The summed E-state index contributed by atoms with van der Waals surface area (Å²) in [5.74, 6) is -0.898. The third-order valence-electron chi connectivity index (χ3n) is 10.9. The van der Waals surface area contributed by atoms with Crippen LogP contribution in [0.5, 0.6) is 5.75 Å². The third kappa shape index (κ3) is 4.44. The first-order valence-electron chi connectivity index (χ1n) is 14.0. The second-order valence-corrected chi connectivity index (χ2v) is 13.7. The highest BCUT2D eigenvalue weighted by atomic mass is 32.2. The number of ether oxygens (including phenoxy) is 2. The van der Waals surface area contributed by atoms with Crippen molar-refractivity contribution in [3.8, 4) is 5.75 Å². The first-order chi connectivity index (χ1) is 18.4. The average molecular weight is 563 g/mol. The van der Waals surface area contributed by atoms with Gasteiger partial charge in [-0.05, 0) is 60.8 Å². The summed E-state index contributed by atoms with van der Waals surface area (Å²) in [7, 11) is -1.37. The normalized spacial score (nSPS) is 39.5. The summed E-state index contributed by atoms with van der Waals surface area (Å²) < 4.78 is 31.8. The molecule has 0 radical (unpaired) electrons. The number of fused-ring (bicyclic) bond motifs is 1. The number of thioether (sulfide) groups is 1. The van der Waals surface area contributed by atoms with Gasteiger partial charge in [0, 0.05) is 34.4 Å². The van der Waals surface area contributed by atoms with E-state index in [0.717, 1.165) is 19.3 Å². The van der Waals surface area contributed by atoms with Crippen molar-refractivity contribution < 1.29 is 38.2 Å². The number of halogens is 1. The Balaban J connectivity index is 1.45. The predicted octanol–water partition coefficient (Wildman–Crippen LogP) is 3.51. The lowest BCUT2D eigenvalue weighted by molar-refractivity contribution is -0.210. The van der Waals surface area contributed by atoms with Crippen molar-refractivity contribution in [2.45, 2.75) is 78.6 Å². The van der Waals surface area contributed by atoms with Crippen molar-refractivity contribution in [1.29, 1.82) is 0 Å². The fourth-order valence-corrected chi connectivity index (χ4v) is 9.47. The molecule has 4 aliphatic rings. The lowest BCUT2D eigenvalue weighted by atomic mass is 9.44. The predicted molar refractivity (Wildman–Crippen MR) is 147 cm³/mol. The monoisotopic (exact) mass is 562 g/mol. The molecule has 0 spiro atoms. The third-order valence-corrected chi connectivity index (χ3v) is 11.8. The van der Waals surface area contributed by atoms with Gasteiger partial charge in [-0.3, -0.25) is 4.79 Å². The van der Waals surface area contributed by atoms with Gasteiger partial charge in [0.25, 0.3) is 0 Å². The molecule has 3 saturated carbocycles. The van der Waals surface area contributed by atoms with Crippen LogP contribution in [0.1, 0.15) is 65.4 Å². The van der Waals surface area contributed by atoms with Gasteiger partial charge in [-0.1, -0.05) is 33.8 Å². The molecule has 1 heterocycles. The first kappa shape index (κ1) is 28.9. The fourth-order valence-electron chi connectivity index (χ4n) is 8.53. The minimum atomic E-state index is -1.37. The molecule has 0 aromatic heterocycles. The molecule has 1 aliphatic heterocycles. The summed E-state index contributed by atoms with van der Waals surface area (Å²) in [6.07, 6.45) is 4.18. The van der Waals surface area contributed by atoms with Crippen molar-refractivity contribution in [3.63, 3.8) is 0 Å². The molecule has 0 saturated heterocycles. The lowest BCUT2D eigenvalue weighted by Crippen LogP contribution is -2.63. The zero-order valence-electron chi connectivity index (χ0n) is 23.5. The summed E-state index contributed by atoms with van der Waals surface area (Å²) in [6, 6.07) is 3.03. The number of aliphatic hydroxyl groups excluding tert-OH is 1. The van der Waals surface area contributed by atoms with Crippen molar-refractivity contribution in [2.24, 2.45) is 34.0 Å². The van der Waals surface area contributed by atoms with Gasteiger partial charge in [0.1, 0.15) is 11.9 Å². The first-order valence-corrected chi connectivity index (χ1v) is 15.4. The second-order valence-electron chi connectivity index (χ2n) is 12.8. The van der Waals surface area contributed by atoms with E-state index in [0.29, 0.717) is 24.2 Å². The van der Waals surface area contributed by atoms with Gasteiger partial charge < -0.3 is 24.3 Å². The summed E-state index contributed by atoms with van der Waals surface area (Å²) in [5, 5.41) is 21.7. The van der Waals surface area contributed by atoms with Crippen molar-refractivity contribution >= 4 is 36.1 Å². The lowest BCUT2D eigenvalue weighted by Gasteiger charge is -2.62. The number of carbonyl (C=O) groups is 2. The molecule has 214 valence electrons. The van der Waals surface area contributed by atoms with Crippen molar-refractivity contribution in [2.75, 3.05) is 18.6 Å². The van der Waals surface area contributed by atoms with Crippen LogP contribution in [0.3, 0.4) is 0 Å². The van der Waals surface area contributed by atoms with E-state index in [-0.39, 0.29) is 46.8 Å². The summed E-state index contributed by atoms with van der Waals surface area (Å²) in [6.45, 7) is 8.01. The molecule has 39 heavy (non-hydrogen) atoms. The average Bonchev–Trinajstić information content (AvgIpc) is 3.45. The Morgan fingerprint density at radius 1 is 1.28 bits per heavy atom. The van der Waals surface area contributed by atoms with E-state index in [9.17, 15) is 24.1 Å². The van der Waals surface area contributed by atoms with E-state index < -0.39 is 48.5 Å². The van der Waals surface area contributed by atoms with Crippen LogP contribution in [0.25, 0.3) is 0 Å². The summed E-state index contributed by atoms with van der Waals surface area (Å²) in [4.78, 5) is 26.8. The highest BCUT2D eigenvalue weighted by Gasteiger charge is 2.68. The second kappa shape index (κ2) is 10.3. The van der Waals surface area contributed by atoms with Gasteiger partial charge in [0.15, 0.2) is 18.2 Å². The van der Waals surface area contributed by atoms with Gasteiger partial charge in [-0.15, -0.1) is 0 Å². The number of hydrogen-bond donors (Lipinski definition) is 2. The summed E-state index contributed by atoms with van der Waals surface area (Å²) >= 11 is 1.66. The molecule has 1 aromatic rings. The molecular formula is C29H40BFO7S. The Morgan fingerprint density at radius 3 is 2.74 bits per heavy atom. The van der Waals surface area contributed by atoms with Crippen LogP contribution in [0.4, 0.5) is 4.39 Å². The molecule has 2 bridgehead atoms. The van der Waals surface area contributed by atoms with E-state index >= 15 is 0 Å². The molecule has 7 nitrogen and oxygen atoms in total. The van der Waals surface area contributed by atoms with Crippen LogP contribution in [-0.2, 0) is 25.6 Å². The zero-order valence-corrected chi connectivity index (χ0v) is 24.3. The molecule has 8 atom stereocenters. The maximum Gasteiger partial charge on any atom is 0.494 e. The van der Waals surface area contributed by atoms with Crippen LogP contribution in [-0.4, -0.2) is 59.8 Å². The van der Waals surface area contributed by atoms with Crippen LogP contribution < -0.4 is 10.2 Å². The number of benzene rings is 1. The molecule has 2 N–H and O–H groups in total. The van der Waals surface area contributed by atoms with Crippen molar-refractivity contribution in [3.05, 3.63) is 23.5 Å². The Morgan fingerprint density at radius 2 is 2.03 bits per heavy atom. The SMILES string of the molecule is CSC[C@]1(C)C[C@@H](OC(=O)COc2ccc3c(c2F)B(O)OC3)[C@@]2(C)[C@@H]3C(=O)CC[C@@]3(CC[C@@H]2C)[C@@H](C)[C@@H]1O. The Labute approximate surface area is 234 Å². The fraction of sp³-hybridized carbons (Fsp3) is 0.724. The number of aliphatic hydroxyl groups is 1. The van der Waals surface area contributed by atoms with Crippen molar-refractivity contribution in [1.82, 2.24) is 0 Å². The topological polar surface area (TPSA) is 102 Å². The summed E-state index contributed by atoms with van der Waals surface area (Å²) in [5.41, 5.74) is -0.897. The minimum absolute atomic E-state index is 0.0245. The molecule has 5 rings (SSSR count). The Bertz CT molecular complexity index is 1150. The number of ketones is 1. The smallest absolute Gasteiger partial charge is 0.479 e. The Kier molecular flexibility index (Phi) is 7.66. The maximum absolute atomic E-state index is 15.0. The van der Waals surface area contributed by atoms with Crippen LogP contribution in [0, 0.1) is 39.8 Å². The molecule has 3 aliphatic carbocycles. The van der Waals surface area contributed by atoms with Gasteiger partial charge in [-0.2, -0.15) is 11.8 Å². The van der Waals surface area contributed by atoms with Crippen LogP contribution >= 0.6 is 11.8 Å². The van der Waals surface area contributed by atoms with E-state index in [1.807, 2.05) is 6.26 Å². The highest BCUT2D eigenvalue weighted by Crippen LogP contribution is 2.68. The number of rotatable bonds is 6. The highest BCUT2D eigenvalue weighted by molar-refractivity contribution is 7.98. The van der Waals surface area contributed by atoms with Gasteiger partial charge in [0.2, 0.25) is 0 Å². The van der Waals surface area contributed by atoms with E-state index in [1.165, 1.54) is 6.07 Å². The van der Waals surface area contributed by atoms with Gasteiger partial charge in [0.05, 0.1) is 12.7 Å². The molecule has 1 aromatic carbocycles.